The van der Waals surface area contributed by atoms with Crippen LogP contribution in [0, 0.1) is 0 Å². The van der Waals surface area contributed by atoms with Gasteiger partial charge in [0, 0.05) is 4.47 Å². The molecule has 0 aliphatic rings. The first-order chi connectivity index (χ1) is 31.7. The van der Waals surface area contributed by atoms with Crippen LogP contribution in [-0.4, -0.2) is 37.1 Å². The predicted octanol–water partition coefficient (Wildman–Crippen LogP) is 14.4. The molecule has 0 radical (unpaired) electrons. The van der Waals surface area contributed by atoms with Gasteiger partial charge in [-0.2, -0.15) is 0 Å². The van der Waals surface area contributed by atoms with Crippen LogP contribution in [0.5, 0.6) is 34.5 Å². The minimum Gasteiger partial charge on any atom is -0.494 e. The van der Waals surface area contributed by atoms with E-state index in [2.05, 4.69) is 29.8 Å². The number of hydrogen-bond donors (Lipinski definition) is 0. The summed E-state index contributed by atoms with van der Waals surface area (Å²) in [5.41, 5.74) is 0.693. The van der Waals surface area contributed by atoms with Crippen LogP contribution in [0.4, 0.5) is 0 Å². The highest BCUT2D eigenvalue weighted by Crippen LogP contribution is 2.25. The third-order valence-electron chi connectivity index (χ3n) is 10.6. The number of rotatable bonds is 28. The molecule has 0 amide bonds. The predicted molar refractivity (Wildman–Crippen MR) is 256 cm³/mol. The summed E-state index contributed by atoms with van der Waals surface area (Å²) in [6, 6.07) is 30.1. The molecule has 0 heterocycles. The molecular formula is C54H61BrO10. The van der Waals surface area contributed by atoms with Gasteiger partial charge in [0.15, 0.2) is 0 Å². The van der Waals surface area contributed by atoms with Crippen molar-refractivity contribution in [3.8, 4) is 34.5 Å². The number of carbonyl (C=O) groups excluding carboxylic acids is 4. The summed E-state index contributed by atoms with van der Waals surface area (Å²) >= 11 is 3.36. The average Bonchev–Trinajstić information content (AvgIpc) is 3.32. The Morgan fingerprint density at radius 1 is 0.354 bits per heavy atom. The number of benzene rings is 5. The third-order valence-corrected chi connectivity index (χ3v) is 11.3. The van der Waals surface area contributed by atoms with Gasteiger partial charge in [-0.3, -0.25) is 0 Å². The van der Waals surface area contributed by atoms with Gasteiger partial charge in [-0.15, -0.1) is 0 Å². The molecule has 344 valence electrons. The first-order valence-electron chi connectivity index (χ1n) is 23.1. The van der Waals surface area contributed by atoms with Crippen LogP contribution in [0.1, 0.15) is 158 Å². The zero-order valence-corrected chi connectivity index (χ0v) is 39.2. The molecule has 0 aliphatic heterocycles. The molecule has 0 aromatic heterocycles. The third kappa shape index (κ3) is 17.9. The van der Waals surface area contributed by atoms with E-state index >= 15 is 0 Å². The van der Waals surface area contributed by atoms with Crippen molar-refractivity contribution in [2.45, 2.75) is 117 Å². The Labute approximate surface area is 392 Å². The standard InChI is InChI=1S/C54H61BrO10/c1-3-5-7-9-11-13-15-17-37-60-43-28-32-47(33-29-43)62-51(56)40-19-24-45(25-20-40)64-53(58)42-23-36-50(55)49(39-42)54(59)65-46-26-21-41(22-27-46)52(57)63-48-34-30-44(31-35-48)61-38-18-16-14-12-10-8-6-4-2/h19-36,39H,3-18,37-38H2,1-2H3. The number of unbranched alkanes of at least 4 members (excludes halogenated alkanes) is 14. The molecular weight excluding hydrogens is 888 g/mol. The topological polar surface area (TPSA) is 124 Å². The van der Waals surface area contributed by atoms with Crippen LogP contribution in [0.3, 0.4) is 0 Å². The molecule has 0 N–H and O–H groups in total. The van der Waals surface area contributed by atoms with E-state index in [-0.39, 0.29) is 33.8 Å². The largest absolute Gasteiger partial charge is 0.494 e. The fourth-order valence-electron chi connectivity index (χ4n) is 6.85. The highest BCUT2D eigenvalue weighted by molar-refractivity contribution is 9.10. The molecule has 0 unspecified atom stereocenters. The van der Waals surface area contributed by atoms with Gasteiger partial charge in [0.25, 0.3) is 0 Å². The monoisotopic (exact) mass is 948 g/mol. The maximum Gasteiger partial charge on any atom is 0.344 e. The lowest BCUT2D eigenvalue weighted by Crippen LogP contribution is -2.14. The van der Waals surface area contributed by atoms with Gasteiger partial charge >= 0.3 is 23.9 Å². The lowest BCUT2D eigenvalue weighted by molar-refractivity contribution is 0.0722. The minimum absolute atomic E-state index is 0.0781. The van der Waals surface area contributed by atoms with Crippen LogP contribution < -0.4 is 28.4 Å². The highest BCUT2D eigenvalue weighted by atomic mass is 79.9. The second-order valence-corrected chi connectivity index (χ2v) is 16.7. The number of hydrogen-bond acceptors (Lipinski definition) is 10. The molecule has 65 heavy (non-hydrogen) atoms. The maximum atomic E-state index is 13.2. The van der Waals surface area contributed by atoms with E-state index < -0.39 is 23.9 Å². The molecule has 0 saturated heterocycles. The van der Waals surface area contributed by atoms with Gasteiger partial charge < -0.3 is 28.4 Å². The molecule has 5 aromatic carbocycles. The van der Waals surface area contributed by atoms with Gasteiger partial charge in [0.1, 0.15) is 34.5 Å². The van der Waals surface area contributed by atoms with E-state index in [4.69, 9.17) is 28.4 Å². The maximum absolute atomic E-state index is 13.2. The van der Waals surface area contributed by atoms with Gasteiger partial charge in [0.2, 0.25) is 0 Å². The Hall–Kier alpha value is -5.94. The summed E-state index contributed by atoms with van der Waals surface area (Å²) in [6.07, 6.45) is 19.7. The van der Waals surface area contributed by atoms with Gasteiger partial charge in [0.05, 0.1) is 35.5 Å². The first kappa shape index (κ1) is 50.1. The molecule has 0 aliphatic carbocycles. The summed E-state index contributed by atoms with van der Waals surface area (Å²) in [6.45, 7) is 5.74. The van der Waals surface area contributed by atoms with Crippen molar-refractivity contribution in [3.05, 3.63) is 142 Å². The number of esters is 4. The number of halogens is 1. The SMILES string of the molecule is CCCCCCCCCCOc1ccc(OC(=O)c2ccc(OC(=O)c3ccc(Br)c(C(=O)Oc4ccc(C(=O)Oc5ccc(OCCCCCCCCCC)cc5)cc4)c3)cc2)cc1. The van der Waals surface area contributed by atoms with Crippen LogP contribution in [0.25, 0.3) is 0 Å². The Kier molecular flexibility index (Phi) is 21.6. The van der Waals surface area contributed by atoms with Crippen LogP contribution in [0.15, 0.2) is 120 Å². The van der Waals surface area contributed by atoms with Crippen LogP contribution >= 0.6 is 15.9 Å². The first-order valence-corrected chi connectivity index (χ1v) is 23.9. The van der Waals surface area contributed by atoms with Crippen molar-refractivity contribution in [3.63, 3.8) is 0 Å². The molecule has 0 fully saturated rings. The second-order valence-electron chi connectivity index (χ2n) is 15.9. The Morgan fingerprint density at radius 2 is 0.646 bits per heavy atom. The fraction of sp³-hybridized carbons (Fsp3) is 0.370. The molecule has 11 heteroatoms. The zero-order chi connectivity index (χ0) is 46.1. The Balaban J connectivity index is 1.03. The minimum atomic E-state index is -0.740. The summed E-state index contributed by atoms with van der Waals surface area (Å²) < 4.78 is 34.2. The summed E-state index contributed by atoms with van der Waals surface area (Å²) in [4.78, 5) is 52.0. The Bertz CT molecular complexity index is 2220. The lowest BCUT2D eigenvalue weighted by atomic mass is 10.1. The van der Waals surface area contributed by atoms with E-state index in [0.717, 1.165) is 25.7 Å². The van der Waals surface area contributed by atoms with Gasteiger partial charge in [-0.25, -0.2) is 19.2 Å². The second kappa shape index (κ2) is 28.1. The fourth-order valence-corrected chi connectivity index (χ4v) is 7.25. The van der Waals surface area contributed by atoms with Crippen molar-refractivity contribution in [2.75, 3.05) is 13.2 Å². The smallest absolute Gasteiger partial charge is 0.344 e. The highest BCUT2D eigenvalue weighted by Gasteiger charge is 2.19. The molecule has 0 atom stereocenters. The Morgan fingerprint density at radius 3 is 1.03 bits per heavy atom. The zero-order valence-electron chi connectivity index (χ0n) is 37.7. The van der Waals surface area contributed by atoms with Crippen molar-refractivity contribution in [2.24, 2.45) is 0 Å². The normalized spacial score (nSPS) is 10.8. The molecule has 0 saturated carbocycles. The van der Waals surface area contributed by atoms with E-state index in [1.807, 2.05) is 0 Å². The van der Waals surface area contributed by atoms with Crippen LogP contribution in [0.2, 0.25) is 0 Å². The van der Waals surface area contributed by atoms with Gasteiger partial charge in [-0.05, 0) is 144 Å². The van der Waals surface area contributed by atoms with Crippen molar-refractivity contribution in [1.82, 2.24) is 0 Å². The van der Waals surface area contributed by atoms with Gasteiger partial charge in [-0.1, -0.05) is 104 Å². The van der Waals surface area contributed by atoms with Crippen molar-refractivity contribution >= 4 is 39.8 Å². The number of ether oxygens (including phenoxy) is 6. The van der Waals surface area contributed by atoms with Crippen molar-refractivity contribution < 1.29 is 47.6 Å². The van der Waals surface area contributed by atoms with E-state index in [1.165, 1.54) is 144 Å². The van der Waals surface area contributed by atoms with Crippen LogP contribution in [-0.2, 0) is 0 Å². The lowest BCUT2D eigenvalue weighted by Gasteiger charge is -2.10. The van der Waals surface area contributed by atoms with Crippen molar-refractivity contribution in [1.29, 1.82) is 0 Å². The molecule has 0 spiro atoms. The summed E-state index contributed by atoms with van der Waals surface area (Å²) in [7, 11) is 0. The molecule has 5 rings (SSSR count). The van der Waals surface area contributed by atoms with E-state index in [0.29, 0.717) is 40.7 Å². The number of carbonyl (C=O) groups is 4. The van der Waals surface area contributed by atoms with E-state index in [9.17, 15) is 19.2 Å². The quantitative estimate of drug-likeness (QED) is 0.0272. The molecule has 10 nitrogen and oxygen atoms in total. The molecule has 5 aromatic rings. The molecule has 0 bridgehead atoms. The average molecular weight is 950 g/mol. The van der Waals surface area contributed by atoms with E-state index in [1.54, 1.807) is 48.5 Å². The summed E-state index contributed by atoms with van der Waals surface area (Å²) in [5.74, 6) is -0.0711. The summed E-state index contributed by atoms with van der Waals surface area (Å²) in [5, 5.41) is 0.